The summed E-state index contributed by atoms with van der Waals surface area (Å²) in [7, 11) is -55.6. The van der Waals surface area contributed by atoms with E-state index in [0.29, 0.717) is 32.9 Å². The van der Waals surface area contributed by atoms with Crippen LogP contribution in [0.15, 0.2) is 146 Å². The van der Waals surface area contributed by atoms with Gasteiger partial charge in [0.1, 0.15) is 52.1 Å². The van der Waals surface area contributed by atoms with Crippen molar-refractivity contribution < 1.29 is 116 Å². The molecule has 0 atom stereocenters. The summed E-state index contributed by atoms with van der Waals surface area (Å²) < 4.78 is 341. The van der Waals surface area contributed by atoms with Crippen LogP contribution in [-0.4, -0.2) is 118 Å². The van der Waals surface area contributed by atoms with E-state index >= 15 is 21.6 Å². The molecule has 0 saturated carbocycles. The lowest BCUT2D eigenvalue weighted by molar-refractivity contribution is 0.262. The van der Waals surface area contributed by atoms with Crippen LogP contribution in [0.25, 0.3) is 21.5 Å². The van der Waals surface area contributed by atoms with Crippen molar-refractivity contribution in [3.63, 3.8) is 0 Å². The number of carbonyl (C=O) groups excluding carboxylic acids is 1. The summed E-state index contributed by atoms with van der Waals surface area (Å²) in [5.74, 6) is 0. The average molecular weight is 1460 g/mol. The Labute approximate surface area is 521 Å². The molecule has 8 aromatic rings. The lowest BCUT2D eigenvalue weighted by Gasteiger charge is -2.26. The molecule has 43 heteroatoms. The fourth-order valence-electron chi connectivity index (χ4n) is 11.6. The van der Waals surface area contributed by atoms with Crippen LogP contribution in [0, 0.1) is 27.7 Å². The summed E-state index contributed by atoms with van der Waals surface area (Å²) in [4.78, 5) is 3.50. The molecule has 0 saturated heterocycles. The summed E-state index contributed by atoms with van der Waals surface area (Å²) in [6, 6.07) is 9.80. The summed E-state index contributed by atoms with van der Waals surface area (Å²) in [5, 5.41) is -0.423. The molecule has 8 aromatic carbocycles. The maximum atomic E-state index is 15.6. The van der Waals surface area contributed by atoms with Gasteiger partial charge in [-0.3, -0.25) is 27.3 Å². The van der Waals surface area contributed by atoms with Crippen LogP contribution in [0.4, 0.5) is 61.7 Å². The first-order chi connectivity index (χ1) is 42.0. The normalized spacial score (nSPS) is 16.9. The second-order valence-corrected chi connectivity index (χ2v) is 36.2. The van der Waals surface area contributed by atoms with E-state index in [1.54, 1.807) is 0 Å². The quantitative estimate of drug-likeness (QED) is 0.0679. The number of sulfonamides is 4. The number of fused-ring (bicyclic) bond motifs is 10. The molecule has 0 radical (unpaired) electrons. The summed E-state index contributed by atoms with van der Waals surface area (Å²) >= 11 is 0. The van der Waals surface area contributed by atoms with Gasteiger partial charge < -0.3 is 10.6 Å². The fraction of sp³-hybridized carbons (Fsp3) is 0.0816. The van der Waals surface area contributed by atoms with Crippen molar-refractivity contribution in [3.05, 3.63) is 119 Å². The Hall–Kier alpha value is -7.99. The van der Waals surface area contributed by atoms with Crippen LogP contribution >= 0.6 is 0 Å². The van der Waals surface area contributed by atoms with E-state index in [0.717, 1.165) is 38.1 Å². The molecule has 12 rings (SSSR count). The number of amides is 2. The molecule has 0 aromatic heterocycles. The van der Waals surface area contributed by atoms with Crippen molar-refractivity contribution in [1.29, 1.82) is 0 Å². The number of nitrogens with one attached hydrogen (secondary N) is 2. The maximum absolute atomic E-state index is 15.6. The maximum Gasteiger partial charge on any atom is 0.323 e. The molecule has 484 valence electrons. The van der Waals surface area contributed by atoms with Gasteiger partial charge in [0, 0.05) is 21.5 Å². The zero-order valence-electron chi connectivity index (χ0n) is 45.9. The SMILES string of the molecule is Cc1ccc2cc1S(=O)(=O)N2c1c2c(NC(=O)Nc3cc(C)c4c(N5c6ccc(C)c(c6)S5(=O)=O)c3N(c3ccc(S(=O)(=O)O)c5cc(S(=O)(=O)O)cc(S(=O)(=O)O)c35)S4(=O)=O)cc(C)c1S(=O)(=O)N2c1ccc(S(=O)(=O)O)c2cc(S(=O)(=O)O)cc(S(=O)(=O)O)c12. The first-order valence-electron chi connectivity index (χ1n) is 25.0. The third-order valence-electron chi connectivity index (χ3n) is 15.1. The largest absolute Gasteiger partial charge is 0.323 e. The predicted molar refractivity (Wildman–Crippen MR) is 321 cm³/mol. The van der Waals surface area contributed by atoms with Crippen molar-refractivity contribution in [2.24, 2.45) is 0 Å². The van der Waals surface area contributed by atoms with Gasteiger partial charge in [0.05, 0.1) is 53.7 Å². The minimum atomic E-state index is -5.97. The Kier molecular flexibility index (Phi) is 13.6. The first kappa shape index (κ1) is 64.1. The minimum Gasteiger partial charge on any atom is -0.306 e. The number of rotatable bonds is 12. The number of benzene rings is 8. The predicted octanol–water partition coefficient (Wildman–Crippen LogP) is 5.71. The lowest BCUT2D eigenvalue weighted by Crippen LogP contribution is -2.27. The number of hydrogen-bond donors (Lipinski definition) is 8. The van der Waals surface area contributed by atoms with Gasteiger partial charge in [0.15, 0.2) is 0 Å². The summed E-state index contributed by atoms with van der Waals surface area (Å²) in [6.45, 7) is 4.83. The van der Waals surface area contributed by atoms with E-state index in [1.165, 1.54) is 38.1 Å². The van der Waals surface area contributed by atoms with Crippen molar-refractivity contribution in [2.45, 2.75) is 76.6 Å². The fourth-order valence-corrected chi connectivity index (χ4v) is 23.1. The van der Waals surface area contributed by atoms with E-state index in [4.69, 9.17) is 0 Å². The van der Waals surface area contributed by atoms with Crippen LogP contribution < -0.4 is 27.9 Å². The van der Waals surface area contributed by atoms with Crippen molar-refractivity contribution in [1.82, 2.24) is 0 Å². The minimum absolute atomic E-state index is 0.0621. The topological polar surface area (TPSA) is 517 Å². The summed E-state index contributed by atoms with van der Waals surface area (Å²) in [6.07, 6.45) is 0. The van der Waals surface area contributed by atoms with Gasteiger partial charge in [-0.05, 0) is 135 Å². The van der Waals surface area contributed by atoms with E-state index in [-0.39, 0.29) is 55.4 Å². The highest BCUT2D eigenvalue weighted by atomic mass is 32.3. The molecule has 4 heterocycles. The Morgan fingerprint density at radius 2 is 0.685 bits per heavy atom. The third kappa shape index (κ3) is 9.34. The van der Waals surface area contributed by atoms with E-state index in [1.807, 2.05) is 0 Å². The second kappa shape index (κ2) is 19.5. The van der Waals surface area contributed by atoms with E-state index in [2.05, 4.69) is 10.6 Å². The van der Waals surface area contributed by atoms with Gasteiger partial charge in [-0.15, -0.1) is 0 Å². The zero-order chi connectivity index (χ0) is 67.8. The van der Waals surface area contributed by atoms with E-state index in [9.17, 15) is 94.7 Å². The molecule has 0 aliphatic carbocycles. The molecule has 4 aliphatic rings. The number of hydrogen-bond acceptors (Lipinski definition) is 21. The standard InChI is InChI=1S/C49H36N6O27S10/c1-21-5-7-25-15-37(21)83(57,58)52(25)45-43-31(13-23(3)47(45)85(61,62)54(43)33-9-11-35(89(71,72)73)29-17-27(87(65,66)67)19-39(41(29)33)91(77,78)79)50-49(56)51-32-14-24(4)48-46(53-26-8-6-22(2)38(16-26)84(53,59)60)44(32)55(86(48,63)64)34-10-12-36(90(74,75)76)30-18-28(88(68,69)70)20-40(42(30)34)92(80,81)82/h5-20H,1-4H3,(H2,50,51,56)(H,65,66,67)(H,68,69,70)(H,71,72,73)(H,74,75,76)(H,77,78,79)(H,80,81,82). The molecule has 2 amide bonds. The number of nitrogens with zero attached hydrogens (tertiary/aromatic N) is 4. The Balaban J connectivity index is 1.14. The Morgan fingerprint density at radius 3 is 0.978 bits per heavy atom. The summed E-state index contributed by atoms with van der Waals surface area (Å²) in [5.41, 5.74) is -9.12. The van der Waals surface area contributed by atoms with Crippen LogP contribution in [0.3, 0.4) is 0 Å². The van der Waals surface area contributed by atoms with Gasteiger partial charge in [-0.25, -0.2) is 55.7 Å². The Bertz CT molecular complexity index is 5790. The molecule has 8 bridgehead atoms. The monoisotopic (exact) mass is 1460 g/mol. The van der Waals surface area contributed by atoms with Gasteiger partial charge in [0.25, 0.3) is 101 Å². The molecule has 8 N–H and O–H groups in total. The molecule has 0 fully saturated rings. The highest BCUT2D eigenvalue weighted by molar-refractivity contribution is 7.96. The van der Waals surface area contributed by atoms with Crippen LogP contribution in [0.1, 0.15) is 22.3 Å². The third-order valence-corrected chi connectivity index (χ3v) is 27.9. The van der Waals surface area contributed by atoms with E-state index < -0.39 is 234 Å². The van der Waals surface area contributed by atoms with Crippen molar-refractivity contribution >= 4 is 185 Å². The smallest absolute Gasteiger partial charge is 0.306 e. The lowest BCUT2D eigenvalue weighted by atomic mass is 10.1. The molecule has 0 unspecified atom stereocenters. The van der Waals surface area contributed by atoms with Crippen LogP contribution in [0.2, 0.25) is 0 Å². The molecule has 4 aliphatic heterocycles. The molecular formula is C49H36N6O27S10. The molecular weight excluding hydrogens is 1430 g/mol. The molecule has 33 nitrogen and oxygen atoms in total. The average Bonchev–Trinajstić information content (AvgIpc) is 1.51. The second-order valence-electron chi connectivity index (χ2n) is 20.8. The van der Waals surface area contributed by atoms with Gasteiger partial charge in [0.2, 0.25) is 0 Å². The number of carbonyl (C=O) groups is 1. The number of anilines is 10. The Morgan fingerprint density at radius 1 is 0.359 bits per heavy atom. The molecule has 92 heavy (non-hydrogen) atoms. The van der Waals surface area contributed by atoms with Gasteiger partial charge in [-0.2, -0.15) is 50.5 Å². The highest BCUT2D eigenvalue weighted by Crippen LogP contribution is 2.62. The number of urea groups is 1. The molecule has 0 spiro atoms. The van der Waals surface area contributed by atoms with Crippen LogP contribution in [-0.2, 0) is 101 Å². The van der Waals surface area contributed by atoms with Crippen molar-refractivity contribution in [2.75, 3.05) is 27.9 Å². The first-order valence-corrected chi connectivity index (χ1v) is 39.4. The highest BCUT2D eigenvalue weighted by Gasteiger charge is 2.53. The zero-order valence-corrected chi connectivity index (χ0v) is 54.0. The van der Waals surface area contributed by atoms with Crippen LogP contribution in [0.5, 0.6) is 0 Å². The van der Waals surface area contributed by atoms with Gasteiger partial charge >= 0.3 is 6.03 Å². The van der Waals surface area contributed by atoms with Gasteiger partial charge in [-0.1, -0.05) is 12.1 Å². The van der Waals surface area contributed by atoms with Crippen molar-refractivity contribution in [3.8, 4) is 0 Å². The number of aryl methyl sites for hydroxylation is 4.